The van der Waals surface area contributed by atoms with Crippen LogP contribution in [-0.2, 0) is 0 Å². The van der Waals surface area contributed by atoms with Crippen LogP contribution in [0.25, 0.3) is 0 Å². The smallest absolute Gasteiger partial charge is 0.252 e. The number of nitrogens with zero attached hydrogens (tertiary/aromatic N) is 1. The minimum Gasteiger partial charge on any atom is -0.493 e. The van der Waals surface area contributed by atoms with E-state index in [1.54, 1.807) is 6.92 Å². The van der Waals surface area contributed by atoms with Gasteiger partial charge >= 0.3 is 0 Å². The Morgan fingerprint density at radius 1 is 1.42 bits per heavy atom. The van der Waals surface area contributed by atoms with Gasteiger partial charge in [0.25, 0.3) is 5.56 Å². The van der Waals surface area contributed by atoms with E-state index in [2.05, 4.69) is 15.3 Å². The second-order valence-corrected chi connectivity index (χ2v) is 4.59. The van der Waals surface area contributed by atoms with Crippen molar-refractivity contribution in [3.8, 4) is 5.75 Å². The van der Waals surface area contributed by atoms with Crippen molar-refractivity contribution < 1.29 is 4.74 Å². The molecule has 1 aliphatic rings. The number of aromatic nitrogens is 2. The number of ether oxygens (including phenoxy) is 1. The number of para-hydroxylation sites is 1. The Morgan fingerprint density at radius 2 is 2.26 bits per heavy atom. The summed E-state index contributed by atoms with van der Waals surface area (Å²) in [5.74, 6) is 2.10. The molecule has 0 saturated heterocycles. The number of aromatic amines is 1. The summed E-state index contributed by atoms with van der Waals surface area (Å²) in [6.45, 7) is 2.43. The Labute approximate surface area is 110 Å². The largest absolute Gasteiger partial charge is 0.493 e. The van der Waals surface area contributed by atoms with E-state index in [1.165, 1.54) is 6.07 Å². The first kappa shape index (κ1) is 11.8. The Balaban J connectivity index is 1.90. The van der Waals surface area contributed by atoms with Gasteiger partial charge in [0.1, 0.15) is 17.4 Å². The highest BCUT2D eigenvalue weighted by Gasteiger charge is 2.21. The molecular weight excluding hydrogens is 242 g/mol. The molecule has 0 fully saturated rings. The molecule has 2 aromatic rings. The van der Waals surface area contributed by atoms with E-state index in [4.69, 9.17) is 4.74 Å². The van der Waals surface area contributed by atoms with Crippen molar-refractivity contribution in [2.75, 3.05) is 11.9 Å². The fourth-order valence-electron chi connectivity index (χ4n) is 2.32. The van der Waals surface area contributed by atoms with Gasteiger partial charge < -0.3 is 15.0 Å². The first-order valence-electron chi connectivity index (χ1n) is 6.28. The molecule has 1 aromatic heterocycles. The summed E-state index contributed by atoms with van der Waals surface area (Å²) in [5.41, 5.74) is 0.962. The van der Waals surface area contributed by atoms with Crippen molar-refractivity contribution in [2.24, 2.45) is 0 Å². The number of hydrogen-bond donors (Lipinski definition) is 2. The van der Waals surface area contributed by atoms with Crippen LogP contribution in [0.2, 0.25) is 0 Å². The molecule has 0 amide bonds. The molecule has 5 heteroatoms. The van der Waals surface area contributed by atoms with Gasteiger partial charge in [0.05, 0.1) is 12.6 Å². The van der Waals surface area contributed by atoms with E-state index in [-0.39, 0.29) is 11.6 Å². The second kappa shape index (κ2) is 4.76. The summed E-state index contributed by atoms with van der Waals surface area (Å²) in [6, 6.07) is 9.53. The number of nitrogens with one attached hydrogen (secondary N) is 2. The summed E-state index contributed by atoms with van der Waals surface area (Å²) in [5, 5.41) is 3.31. The molecule has 3 rings (SSSR count). The van der Waals surface area contributed by atoms with Crippen molar-refractivity contribution in [3.05, 3.63) is 52.1 Å². The van der Waals surface area contributed by atoms with Crippen LogP contribution in [0.5, 0.6) is 5.75 Å². The second-order valence-electron chi connectivity index (χ2n) is 4.59. The molecule has 98 valence electrons. The maximum Gasteiger partial charge on any atom is 0.252 e. The minimum absolute atomic E-state index is 0.124. The van der Waals surface area contributed by atoms with Gasteiger partial charge in [-0.2, -0.15) is 0 Å². The average Bonchev–Trinajstić information content (AvgIpc) is 2.38. The van der Waals surface area contributed by atoms with Gasteiger partial charge in [-0.05, 0) is 13.0 Å². The minimum atomic E-state index is -0.143. The number of anilines is 1. The molecule has 2 N–H and O–H groups in total. The third kappa shape index (κ3) is 2.45. The standard InChI is InChI=1S/C14H15N3O2/c1-9-15-13(8-14(18)16-9)17-11-6-7-19-12-5-3-2-4-10(11)12/h2-5,8,11H,6-7H2,1H3,(H2,15,16,17,18). The van der Waals surface area contributed by atoms with Gasteiger partial charge in [-0.15, -0.1) is 0 Å². The van der Waals surface area contributed by atoms with Gasteiger partial charge in [-0.25, -0.2) is 4.98 Å². The Hall–Kier alpha value is -2.30. The molecule has 0 saturated carbocycles. The molecular formula is C14H15N3O2. The molecule has 2 heterocycles. The number of H-pyrrole nitrogens is 1. The molecule has 5 nitrogen and oxygen atoms in total. The SMILES string of the molecule is Cc1nc(NC2CCOc3ccccc32)cc(=O)[nH]1. The van der Waals surface area contributed by atoms with E-state index in [9.17, 15) is 4.79 Å². The Morgan fingerprint density at radius 3 is 3.11 bits per heavy atom. The zero-order valence-electron chi connectivity index (χ0n) is 10.6. The first-order chi connectivity index (χ1) is 9.22. The van der Waals surface area contributed by atoms with E-state index in [0.29, 0.717) is 18.2 Å². The zero-order chi connectivity index (χ0) is 13.2. The van der Waals surface area contributed by atoms with Gasteiger partial charge in [0, 0.05) is 18.1 Å². The number of hydrogen-bond acceptors (Lipinski definition) is 4. The highest BCUT2D eigenvalue weighted by Crippen LogP contribution is 2.33. The number of benzene rings is 1. The first-order valence-corrected chi connectivity index (χ1v) is 6.28. The lowest BCUT2D eigenvalue weighted by molar-refractivity contribution is 0.274. The lowest BCUT2D eigenvalue weighted by Gasteiger charge is -2.26. The molecule has 1 aliphatic heterocycles. The highest BCUT2D eigenvalue weighted by molar-refractivity contribution is 5.44. The predicted octanol–water partition coefficient (Wildman–Crippen LogP) is 2.01. The van der Waals surface area contributed by atoms with E-state index >= 15 is 0 Å². The lowest BCUT2D eigenvalue weighted by Crippen LogP contribution is -2.22. The van der Waals surface area contributed by atoms with E-state index in [1.807, 2.05) is 24.3 Å². The van der Waals surface area contributed by atoms with Crippen molar-refractivity contribution in [1.82, 2.24) is 9.97 Å². The van der Waals surface area contributed by atoms with Crippen LogP contribution in [0.15, 0.2) is 35.1 Å². The summed E-state index contributed by atoms with van der Waals surface area (Å²) in [4.78, 5) is 18.4. The molecule has 1 aromatic carbocycles. The summed E-state index contributed by atoms with van der Waals surface area (Å²) in [6.07, 6.45) is 0.852. The summed E-state index contributed by atoms with van der Waals surface area (Å²) in [7, 11) is 0. The van der Waals surface area contributed by atoms with Crippen molar-refractivity contribution >= 4 is 5.82 Å². The maximum absolute atomic E-state index is 11.4. The average molecular weight is 257 g/mol. The van der Waals surface area contributed by atoms with Gasteiger partial charge in [0.2, 0.25) is 0 Å². The van der Waals surface area contributed by atoms with Crippen LogP contribution >= 0.6 is 0 Å². The molecule has 0 bridgehead atoms. The van der Waals surface area contributed by atoms with Crippen LogP contribution in [0.4, 0.5) is 5.82 Å². The third-order valence-corrected chi connectivity index (χ3v) is 3.14. The zero-order valence-corrected chi connectivity index (χ0v) is 10.6. The molecule has 0 radical (unpaired) electrons. The molecule has 19 heavy (non-hydrogen) atoms. The molecule has 0 spiro atoms. The lowest BCUT2D eigenvalue weighted by atomic mass is 10.0. The van der Waals surface area contributed by atoms with Crippen LogP contribution in [0, 0.1) is 6.92 Å². The quantitative estimate of drug-likeness (QED) is 0.863. The van der Waals surface area contributed by atoms with Gasteiger partial charge in [-0.3, -0.25) is 4.79 Å². The molecule has 0 aliphatic carbocycles. The fraction of sp³-hybridized carbons (Fsp3) is 0.286. The number of fused-ring (bicyclic) bond motifs is 1. The van der Waals surface area contributed by atoms with E-state index < -0.39 is 0 Å². The highest BCUT2D eigenvalue weighted by atomic mass is 16.5. The van der Waals surface area contributed by atoms with Crippen LogP contribution in [-0.4, -0.2) is 16.6 Å². The van der Waals surface area contributed by atoms with Crippen LogP contribution < -0.4 is 15.6 Å². The van der Waals surface area contributed by atoms with Crippen molar-refractivity contribution in [1.29, 1.82) is 0 Å². The molecule has 1 unspecified atom stereocenters. The monoisotopic (exact) mass is 257 g/mol. The van der Waals surface area contributed by atoms with Crippen molar-refractivity contribution in [3.63, 3.8) is 0 Å². The summed E-state index contributed by atoms with van der Waals surface area (Å²) < 4.78 is 5.61. The normalized spacial score (nSPS) is 17.4. The van der Waals surface area contributed by atoms with Gasteiger partial charge in [0.15, 0.2) is 0 Å². The number of aryl methyl sites for hydroxylation is 1. The molecule has 1 atom stereocenters. The van der Waals surface area contributed by atoms with Gasteiger partial charge in [-0.1, -0.05) is 18.2 Å². The summed E-state index contributed by atoms with van der Waals surface area (Å²) >= 11 is 0. The topological polar surface area (TPSA) is 67.0 Å². The van der Waals surface area contributed by atoms with E-state index in [0.717, 1.165) is 17.7 Å². The van der Waals surface area contributed by atoms with Crippen molar-refractivity contribution in [2.45, 2.75) is 19.4 Å². The third-order valence-electron chi connectivity index (χ3n) is 3.14. The number of rotatable bonds is 2. The Kier molecular flexibility index (Phi) is 2.95. The predicted molar refractivity (Wildman–Crippen MR) is 72.5 cm³/mol. The van der Waals surface area contributed by atoms with Crippen LogP contribution in [0.3, 0.4) is 0 Å². The fourth-order valence-corrected chi connectivity index (χ4v) is 2.32. The van der Waals surface area contributed by atoms with Crippen LogP contribution in [0.1, 0.15) is 23.9 Å². The maximum atomic E-state index is 11.4. The Bertz CT molecular complexity index is 651.